The second-order valence-corrected chi connectivity index (χ2v) is 2.93. The predicted molar refractivity (Wildman–Crippen MR) is 57.0 cm³/mol. The molecule has 0 aromatic carbocycles. The van der Waals surface area contributed by atoms with Gasteiger partial charge in [-0.3, -0.25) is 10.1 Å². The van der Waals surface area contributed by atoms with E-state index in [0.29, 0.717) is 0 Å². The predicted octanol–water partition coefficient (Wildman–Crippen LogP) is 1.28. The van der Waals surface area contributed by atoms with Crippen LogP contribution in [0.4, 0.5) is 10.5 Å². The second kappa shape index (κ2) is 5.46. The fourth-order valence-corrected chi connectivity index (χ4v) is 1.22. The smallest absolute Gasteiger partial charge is 0.409 e. The van der Waals surface area contributed by atoms with Gasteiger partial charge in [0.05, 0.1) is 19.6 Å². The van der Waals surface area contributed by atoms with Gasteiger partial charge in [0, 0.05) is 11.8 Å². The molecule has 1 rings (SSSR count). The first-order chi connectivity index (χ1) is 8.10. The van der Waals surface area contributed by atoms with Crippen LogP contribution in [0.25, 0.3) is 0 Å². The number of ketones is 1. The molecular weight excluding hydrogens is 226 g/mol. The van der Waals surface area contributed by atoms with Gasteiger partial charge in [0.25, 0.3) is 0 Å². The van der Waals surface area contributed by atoms with Gasteiger partial charge in [-0.05, 0) is 6.07 Å². The van der Waals surface area contributed by atoms with Crippen molar-refractivity contribution in [3.05, 3.63) is 17.8 Å². The molecule has 0 spiro atoms. The summed E-state index contributed by atoms with van der Waals surface area (Å²) in [6, 6.07) is 3.02. The quantitative estimate of drug-likeness (QED) is 0.760. The molecule has 0 aliphatic rings. The third-order valence-corrected chi connectivity index (χ3v) is 1.88. The van der Waals surface area contributed by atoms with E-state index < -0.39 is 11.9 Å². The zero-order valence-corrected chi connectivity index (χ0v) is 8.93. The molecule has 1 amide bonds. The number of hydrogen-bond donors (Lipinski definition) is 2. The van der Waals surface area contributed by atoms with Crippen LogP contribution in [-0.4, -0.2) is 29.1 Å². The zero-order valence-electron chi connectivity index (χ0n) is 8.93. The van der Waals surface area contributed by atoms with Gasteiger partial charge in [-0.1, -0.05) is 0 Å². The number of methoxy groups -OCH3 is 1. The third kappa shape index (κ3) is 2.92. The highest BCUT2D eigenvalue weighted by Gasteiger charge is 2.18. The lowest BCUT2D eigenvalue weighted by Gasteiger charge is -2.10. The molecule has 7 nitrogen and oxygen atoms in total. The lowest BCUT2D eigenvalue weighted by Crippen LogP contribution is -2.13. The number of hydrogen-bond acceptors (Lipinski definition) is 5. The molecule has 0 saturated carbocycles. The van der Waals surface area contributed by atoms with E-state index in [9.17, 15) is 9.59 Å². The van der Waals surface area contributed by atoms with Crippen molar-refractivity contribution in [2.24, 2.45) is 0 Å². The van der Waals surface area contributed by atoms with Crippen LogP contribution >= 0.6 is 0 Å². The number of carbonyl (C=O) groups excluding carboxylic acids is 1. The number of nitrogens with one attached hydrogen (secondary N) is 1. The lowest BCUT2D eigenvalue weighted by molar-refractivity contribution is 0.0998. The number of ether oxygens (including phenoxy) is 1. The van der Waals surface area contributed by atoms with Gasteiger partial charge in [0.2, 0.25) is 5.88 Å². The molecule has 0 atom stereocenters. The number of nitrogens with zero attached hydrogens (tertiary/aromatic N) is 2. The summed E-state index contributed by atoms with van der Waals surface area (Å²) in [5, 5.41) is 19.1. The summed E-state index contributed by atoms with van der Waals surface area (Å²) < 4.78 is 4.84. The standard InChI is InChI=1S/C10H9N3O4/c1-17-9-8(13-10(15)16)6(3-5-12-9)7(14)2-4-11/h3,5,13H,2H2,1H3,(H,15,16). The van der Waals surface area contributed by atoms with Crippen molar-refractivity contribution >= 4 is 17.6 Å². The Morgan fingerprint density at radius 3 is 2.88 bits per heavy atom. The van der Waals surface area contributed by atoms with E-state index >= 15 is 0 Å². The fraction of sp³-hybridized carbons (Fsp3) is 0.200. The van der Waals surface area contributed by atoms with Gasteiger partial charge >= 0.3 is 6.09 Å². The van der Waals surface area contributed by atoms with Gasteiger partial charge in [0.1, 0.15) is 5.69 Å². The van der Waals surface area contributed by atoms with Gasteiger partial charge in [-0.15, -0.1) is 0 Å². The lowest BCUT2D eigenvalue weighted by atomic mass is 10.1. The third-order valence-electron chi connectivity index (χ3n) is 1.88. The monoisotopic (exact) mass is 235 g/mol. The first-order valence-electron chi connectivity index (χ1n) is 4.53. The van der Waals surface area contributed by atoms with Crippen LogP contribution in [0, 0.1) is 11.3 Å². The summed E-state index contributed by atoms with van der Waals surface area (Å²) in [5.74, 6) is -0.520. The molecule has 0 aliphatic carbocycles. The summed E-state index contributed by atoms with van der Waals surface area (Å²) in [6.45, 7) is 0. The summed E-state index contributed by atoms with van der Waals surface area (Å²) in [6.07, 6.45) is -0.389. The molecule has 1 aromatic rings. The average Bonchev–Trinajstić information content (AvgIpc) is 2.28. The number of anilines is 1. The minimum absolute atomic E-state index is 0.0174. The SMILES string of the molecule is COc1nccc(C(=O)CC#N)c1NC(=O)O. The summed E-state index contributed by atoms with van der Waals surface area (Å²) in [7, 11) is 1.30. The molecule has 0 unspecified atom stereocenters. The molecule has 0 radical (unpaired) electrons. The molecule has 88 valence electrons. The van der Waals surface area contributed by atoms with E-state index in [2.05, 4.69) is 4.98 Å². The molecular formula is C10H9N3O4. The normalized spacial score (nSPS) is 9.18. The number of pyridine rings is 1. The fourth-order valence-electron chi connectivity index (χ4n) is 1.22. The van der Waals surface area contributed by atoms with Crippen LogP contribution in [0.15, 0.2) is 12.3 Å². The Morgan fingerprint density at radius 1 is 1.65 bits per heavy atom. The molecule has 1 heterocycles. The minimum atomic E-state index is -1.35. The van der Waals surface area contributed by atoms with Crippen LogP contribution in [0.2, 0.25) is 0 Å². The van der Waals surface area contributed by atoms with Gasteiger partial charge < -0.3 is 9.84 Å². The molecule has 2 N–H and O–H groups in total. The van der Waals surface area contributed by atoms with Crippen molar-refractivity contribution < 1.29 is 19.4 Å². The molecule has 7 heteroatoms. The minimum Gasteiger partial charge on any atom is -0.479 e. The Labute approximate surface area is 96.6 Å². The zero-order chi connectivity index (χ0) is 12.8. The molecule has 0 bridgehead atoms. The highest BCUT2D eigenvalue weighted by Crippen LogP contribution is 2.26. The van der Waals surface area contributed by atoms with Gasteiger partial charge in [-0.25, -0.2) is 9.78 Å². The van der Waals surface area contributed by atoms with Crippen LogP contribution in [0.3, 0.4) is 0 Å². The number of Topliss-reactive ketones (excluding diaryl/α,β-unsaturated/α-hetero) is 1. The van der Waals surface area contributed by atoms with E-state index in [0.717, 1.165) is 0 Å². The maximum absolute atomic E-state index is 11.6. The maximum Gasteiger partial charge on any atom is 0.409 e. The van der Waals surface area contributed by atoms with Crippen molar-refractivity contribution in [1.82, 2.24) is 4.98 Å². The Morgan fingerprint density at radius 2 is 2.35 bits per heavy atom. The molecule has 1 aromatic heterocycles. The van der Waals surface area contributed by atoms with Crippen LogP contribution in [0.1, 0.15) is 16.8 Å². The first-order valence-corrected chi connectivity index (χ1v) is 4.53. The van der Waals surface area contributed by atoms with Crippen molar-refractivity contribution in [1.29, 1.82) is 5.26 Å². The van der Waals surface area contributed by atoms with Crippen molar-refractivity contribution in [2.45, 2.75) is 6.42 Å². The van der Waals surface area contributed by atoms with Crippen molar-refractivity contribution in [2.75, 3.05) is 12.4 Å². The van der Waals surface area contributed by atoms with Gasteiger partial charge in [0.15, 0.2) is 5.78 Å². The molecule has 0 fully saturated rings. The van der Waals surface area contributed by atoms with Crippen LogP contribution < -0.4 is 10.1 Å². The average molecular weight is 235 g/mol. The van der Waals surface area contributed by atoms with Crippen LogP contribution in [-0.2, 0) is 0 Å². The number of aromatic nitrogens is 1. The van der Waals surface area contributed by atoms with Crippen LogP contribution in [0.5, 0.6) is 5.88 Å². The maximum atomic E-state index is 11.6. The van der Waals surface area contributed by atoms with E-state index in [1.54, 1.807) is 6.07 Å². The molecule has 0 aliphatic heterocycles. The summed E-state index contributed by atoms with van der Waals surface area (Å²) in [4.78, 5) is 25.9. The van der Waals surface area contributed by atoms with E-state index in [-0.39, 0.29) is 23.6 Å². The van der Waals surface area contributed by atoms with E-state index in [4.69, 9.17) is 15.1 Å². The Balaban J connectivity index is 3.24. The summed E-state index contributed by atoms with van der Waals surface area (Å²) in [5.41, 5.74) is 0.00329. The first kappa shape index (κ1) is 12.4. The van der Waals surface area contributed by atoms with Gasteiger partial charge in [-0.2, -0.15) is 5.26 Å². The van der Waals surface area contributed by atoms with Crippen molar-refractivity contribution in [3.8, 4) is 11.9 Å². The molecule has 0 saturated heterocycles. The topological polar surface area (TPSA) is 112 Å². The Hall–Kier alpha value is -2.62. The number of rotatable bonds is 4. The highest BCUT2D eigenvalue weighted by atomic mass is 16.5. The Bertz CT molecular complexity index is 493. The summed E-state index contributed by atoms with van der Waals surface area (Å²) >= 11 is 0. The number of amides is 1. The number of carbonyl (C=O) groups is 2. The van der Waals surface area contributed by atoms with Crippen molar-refractivity contribution in [3.63, 3.8) is 0 Å². The molecule has 17 heavy (non-hydrogen) atoms. The van der Waals surface area contributed by atoms with E-state index in [1.807, 2.05) is 5.32 Å². The second-order valence-electron chi connectivity index (χ2n) is 2.93. The van der Waals surface area contributed by atoms with E-state index in [1.165, 1.54) is 19.4 Å². The largest absolute Gasteiger partial charge is 0.479 e. The number of nitriles is 1. The highest BCUT2D eigenvalue weighted by molar-refractivity contribution is 6.05. The Kier molecular flexibility index (Phi) is 4.00. The number of carboxylic acid groups (broad SMARTS) is 1.